The largest absolute Gasteiger partial charge is 0.314 e. The fourth-order valence-corrected chi connectivity index (χ4v) is 2.49. The van der Waals surface area contributed by atoms with Crippen molar-refractivity contribution in [2.75, 3.05) is 26.2 Å². The first-order valence-corrected chi connectivity index (χ1v) is 6.85. The molecule has 1 aromatic carbocycles. The Hall–Kier alpha value is -0.880. The summed E-state index contributed by atoms with van der Waals surface area (Å²) in [5, 5.41) is 13.9. The third-order valence-electron chi connectivity index (χ3n) is 3.70. The molecule has 1 N–H and O–H groups in total. The van der Waals surface area contributed by atoms with Crippen molar-refractivity contribution in [2.45, 2.75) is 25.8 Å². The standard InChI is InChI=1S/C14H21N3O2.2ClH/c1-12-11-15-8-10-16(12)9-2-3-13-4-6-14(7-5-13)17(18)19;;/h4-7,12,15H,2-3,8-11H2,1H3;2*1H. The van der Waals surface area contributed by atoms with Crippen LogP contribution in [0.5, 0.6) is 0 Å². The Bertz CT molecular complexity index is 429. The molecule has 1 aromatic rings. The van der Waals surface area contributed by atoms with Crippen LogP contribution in [0.15, 0.2) is 24.3 Å². The van der Waals surface area contributed by atoms with E-state index in [1.54, 1.807) is 12.1 Å². The molecule has 1 fully saturated rings. The van der Waals surface area contributed by atoms with Crippen LogP contribution in [0.4, 0.5) is 5.69 Å². The van der Waals surface area contributed by atoms with Crippen molar-refractivity contribution in [3.8, 4) is 0 Å². The summed E-state index contributed by atoms with van der Waals surface area (Å²) < 4.78 is 0. The van der Waals surface area contributed by atoms with Crippen molar-refractivity contribution in [1.82, 2.24) is 10.2 Å². The molecule has 1 atom stereocenters. The van der Waals surface area contributed by atoms with Gasteiger partial charge >= 0.3 is 0 Å². The minimum atomic E-state index is -0.355. The maximum absolute atomic E-state index is 10.6. The molecule has 120 valence electrons. The Morgan fingerprint density at radius 3 is 2.57 bits per heavy atom. The lowest BCUT2D eigenvalue weighted by Crippen LogP contribution is -2.49. The van der Waals surface area contributed by atoms with Crippen molar-refractivity contribution in [3.63, 3.8) is 0 Å². The van der Waals surface area contributed by atoms with Gasteiger partial charge in [-0.3, -0.25) is 15.0 Å². The van der Waals surface area contributed by atoms with E-state index in [4.69, 9.17) is 0 Å². The molecule has 1 unspecified atom stereocenters. The second kappa shape index (κ2) is 9.95. The number of halogens is 2. The van der Waals surface area contributed by atoms with Crippen molar-refractivity contribution in [1.29, 1.82) is 0 Å². The van der Waals surface area contributed by atoms with E-state index in [9.17, 15) is 10.1 Å². The van der Waals surface area contributed by atoms with Crippen LogP contribution in [0.3, 0.4) is 0 Å². The van der Waals surface area contributed by atoms with Gasteiger partial charge < -0.3 is 5.32 Å². The molecule has 1 heterocycles. The highest BCUT2D eigenvalue weighted by molar-refractivity contribution is 5.85. The van der Waals surface area contributed by atoms with Crippen LogP contribution in [0, 0.1) is 10.1 Å². The van der Waals surface area contributed by atoms with E-state index in [0.717, 1.165) is 39.0 Å². The molecule has 5 nitrogen and oxygen atoms in total. The smallest absolute Gasteiger partial charge is 0.269 e. The molecule has 21 heavy (non-hydrogen) atoms. The third-order valence-corrected chi connectivity index (χ3v) is 3.70. The van der Waals surface area contributed by atoms with E-state index in [0.29, 0.717) is 6.04 Å². The summed E-state index contributed by atoms with van der Waals surface area (Å²) in [5.41, 5.74) is 1.34. The number of hydrogen-bond donors (Lipinski definition) is 1. The molecule has 0 radical (unpaired) electrons. The normalized spacial score (nSPS) is 18.4. The third kappa shape index (κ3) is 6.18. The van der Waals surface area contributed by atoms with Crippen LogP contribution < -0.4 is 5.32 Å². The number of benzene rings is 1. The van der Waals surface area contributed by atoms with Gasteiger partial charge in [0.15, 0.2) is 0 Å². The van der Waals surface area contributed by atoms with Crippen LogP contribution in [0.2, 0.25) is 0 Å². The van der Waals surface area contributed by atoms with Crippen LogP contribution in [-0.4, -0.2) is 42.0 Å². The maximum atomic E-state index is 10.6. The molecule has 0 saturated carbocycles. The van der Waals surface area contributed by atoms with E-state index in [2.05, 4.69) is 17.1 Å². The summed E-state index contributed by atoms with van der Waals surface area (Å²) in [5.74, 6) is 0. The monoisotopic (exact) mass is 335 g/mol. The molecule has 0 bridgehead atoms. The van der Waals surface area contributed by atoms with Crippen LogP contribution in [0.1, 0.15) is 18.9 Å². The predicted octanol–water partition coefficient (Wildman–Crippen LogP) is 2.66. The van der Waals surface area contributed by atoms with Gasteiger partial charge in [0, 0.05) is 37.8 Å². The number of nitrogens with one attached hydrogen (secondary N) is 1. The molecular weight excluding hydrogens is 313 g/mol. The minimum Gasteiger partial charge on any atom is -0.314 e. The number of nitro benzene ring substituents is 1. The van der Waals surface area contributed by atoms with E-state index < -0.39 is 0 Å². The molecule has 2 rings (SSSR count). The second-order valence-corrected chi connectivity index (χ2v) is 5.12. The summed E-state index contributed by atoms with van der Waals surface area (Å²) in [4.78, 5) is 12.7. The topological polar surface area (TPSA) is 58.4 Å². The Kier molecular flexibility index (Phi) is 9.53. The summed E-state index contributed by atoms with van der Waals surface area (Å²) in [7, 11) is 0. The van der Waals surface area contributed by atoms with Gasteiger partial charge in [0.2, 0.25) is 0 Å². The highest BCUT2D eigenvalue weighted by atomic mass is 35.5. The average Bonchev–Trinajstić information content (AvgIpc) is 2.41. The number of rotatable bonds is 5. The minimum absolute atomic E-state index is 0. The lowest BCUT2D eigenvalue weighted by atomic mass is 10.1. The van der Waals surface area contributed by atoms with Crippen molar-refractivity contribution in [3.05, 3.63) is 39.9 Å². The van der Waals surface area contributed by atoms with Gasteiger partial charge in [-0.1, -0.05) is 12.1 Å². The molecule has 7 heteroatoms. The highest BCUT2D eigenvalue weighted by Crippen LogP contribution is 2.13. The van der Waals surface area contributed by atoms with Crippen molar-refractivity contribution < 1.29 is 4.92 Å². The van der Waals surface area contributed by atoms with Gasteiger partial charge in [-0.15, -0.1) is 24.8 Å². The maximum Gasteiger partial charge on any atom is 0.269 e. The fraction of sp³-hybridized carbons (Fsp3) is 0.571. The number of hydrogen-bond acceptors (Lipinski definition) is 4. The number of non-ortho nitro benzene ring substituents is 1. The second-order valence-electron chi connectivity index (χ2n) is 5.12. The van der Waals surface area contributed by atoms with Gasteiger partial charge in [0.25, 0.3) is 5.69 Å². The summed E-state index contributed by atoms with van der Waals surface area (Å²) >= 11 is 0. The van der Waals surface area contributed by atoms with E-state index >= 15 is 0 Å². The molecule has 1 aliphatic heterocycles. The van der Waals surface area contributed by atoms with Crippen LogP contribution >= 0.6 is 24.8 Å². The molecule has 0 amide bonds. The predicted molar refractivity (Wildman–Crippen MR) is 89.8 cm³/mol. The zero-order valence-electron chi connectivity index (χ0n) is 12.2. The Labute approximate surface area is 138 Å². The van der Waals surface area contributed by atoms with Gasteiger partial charge in [-0.25, -0.2) is 0 Å². The quantitative estimate of drug-likeness (QED) is 0.663. The highest BCUT2D eigenvalue weighted by Gasteiger charge is 2.16. The Balaban J connectivity index is 0.00000200. The first-order valence-electron chi connectivity index (χ1n) is 6.85. The molecule has 0 aromatic heterocycles. The molecule has 0 spiro atoms. The Morgan fingerprint density at radius 2 is 2.00 bits per heavy atom. The first-order chi connectivity index (χ1) is 9.16. The van der Waals surface area contributed by atoms with Gasteiger partial charge in [-0.2, -0.15) is 0 Å². The van der Waals surface area contributed by atoms with E-state index in [1.807, 2.05) is 12.1 Å². The first kappa shape index (κ1) is 20.1. The number of aryl methyl sites for hydroxylation is 1. The van der Waals surface area contributed by atoms with E-state index in [1.165, 1.54) is 5.56 Å². The van der Waals surface area contributed by atoms with Crippen molar-refractivity contribution >= 4 is 30.5 Å². The van der Waals surface area contributed by atoms with E-state index in [-0.39, 0.29) is 35.4 Å². The lowest BCUT2D eigenvalue weighted by molar-refractivity contribution is -0.384. The number of nitro groups is 1. The number of piperazine rings is 1. The molecule has 0 aliphatic carbocycles. The number of nitrogens with zero attached hydrogens (tertiary/aromatic N) is 2. The van der Waals surface area contributed by atoms with Crippen LogP contribution in [-0.2, 0) is 6.42 Å². The molecular formula is C14H23Cl2N3O2. The summed E-state index contributed by atoms with van der Waals surface area (Å²) in [6.45, 7) is 6.60. The average molecular weight is 336 g/mol. The SMILES string of the molecule is CC1CNCCN1CCCc1ccc([N+](=O)[O-])cc1.Cl.Cl. The van der Waals surface area contributed by atoms with Crippen molar-refractivity contribution in [2.24, 2.45) is 0 Å². The van der Waals surface area contributed by atoms with Gasteiger partial charge in [0.1, 0.15) is 0 Å². The fourth-order valence-electron chi connectivity index (χ4n) is 2.49. The summed E-state index contributed by atoms with van der Waals surface area (Å²) in [6.07, 6.45) is 2.08. The van der Waals surface area contributed by atoms with Crippen LogP contribution in [0.25, 0.3) is 0 Å². The molecule has 1 saturated heterocycles. The zero-order chi connectivity index (χ0) is 13.7. The Morgan fingerprint density at radius 1 is 1.33 bits per heavy atom. The molecule has 1 aliphatic rings. The lowest BCUT2D eigenvalue weighted by Gasteiger charge is -2.33. The zero-order valence-corrected chi connectivity index (χ0v) is 13.8. The van der Waals surface area contributed by atoms with Gasteiger partial charge in [0.05, 0.1) is 4.92 Å². The van der Waals surface area contributed by atoms with Gasteiger partial charge in [-0.05, 0) is 31.9 Å². The summed E-state index contributed by atoms with van der Waals surface area (Å²) in [6, 6.07) is 7.50.